The Kier molecular flexibility index (Phi) is 54.7. The molecule has 1 nitrogen and oxygen atoms in total. The first-order chi connectivity index (χ1) is 1.41. The molecular weight excluding hydrogens is 242 g/mol. The van der Waals surface area contributed by atoms with E-state index < -0.39 is 0 Å². The zero-order valence-corrected chi connectivity index (χ0v) is 6.40. The van der Waals surface area contributed by atoms with Crippen molar-refractivity contribution in [3.8, 4) is 0 Å². The molecule has 0 bridgehead atoms. The molecule has 0 saturated carbocycles. The summed E-state index contributed by atoms with van der Waals surface area (Å²) in [5.41, 5.74) is 0. The van der Waals surface area contributed by atoms with Crippen LogP contribution in [0.5, 0.6) is 0 Å². The fraction of sp³-hybridized carbons (Fsp3) is 0. The molecule has 0 spiro atoms. The second kappa shape index (κ2) is 17.2. The first-order valence-electron chi connectivity index (χ1n) is 0.309. The molecule has 0 amide bonds. The van der Waals surface area contributed by atoms with Crippen LogP contribution in [0.15, 0.2) is 0 Å². The molecule has 0 aromatic rings. The van der Waals surface area contributed by atoms with E-state index in [4.69, 9.17) is 0 Å². The molecule has 0 aromatic carbocycles. The first-order valence-corrected chi connectivity index (χ1v) is 0.926. The zero-order valence-electron chi connectivity index (χ0n) is 1.89. The molecular formula is Cl2MoNiO. The first kappa shape index (κ1) is 15.9. The van der Waals surface area contributed by atoms with Gasteiger partial charge in [0.15, 0.2) is 0 Å². The third kappa shape index (κ3) is 26.7. The average Bonchev–Trinajstić information content (AvgIpc) is 0.918. The average molecular weight is 242 g/mol. The van der Waals surface area contributed by atoms with Crippen molar-refractivity contribution in [2.75, 3.05) is 0 Å². The second-order valence-corrected chi connectivity index (χ2v) is 0.525. The molecule has 0 fully saturated rings. The van der Waals surface area contributed by atoms with E-state index in [1.54, 1.807) is 0 Å². The van der Waals surface area contributed by atoms with E-state index >= 15 is 0 Å². The maximum atomic E-state index is 4.26. The van der Waals surface area contributed by atoms with Crippen molar-refractivity contribution in [3.63, 3.8) is 0 Å². The fourth-order valence-corrected chi connectivity index (χ4v) is 0. The van der Waals surface area contributed by atoms with Gasteiger partial charge in [-0.3, -0.25) is 0 Å². The molecule has 0 saturated heterocycles. The van der Waals surface area contributed by atoms with Gasteiger partial charge in [-0.2, -0.15) is 3.84 Å². The van der Waals surface area contributed by atoms with E-state index in [1.807, 2.05) is 0 Å². The Morgan fingerprint density at radius 1 is 1.20 bits per heavy atom. The fourth-order valence-electron chi connectivity index (χ4n) is 0. The molecule has 5 heteroatoms. The normalized spacial score (nSPS) is 3.60. The maximum absolute atomic E-state index is 4.26. The van der Waals surface area contributed by atoms with Crippen LogP contribution >= 0.6 is 23.7 Å². The van der Waals surface area contributed by atoms with Gasteiger partial charge in [-0.1, -0.05) is 0 Å². The molecule has 0 atom stereocenters. The molecule has 0 radical (unpaired) electrons. The van der Waals surface area contributed by atoms with Crippen LogP contribution in [0.2, 0.25) is 0 Å². The van der Waals surface area contributed by atoms with Crippen LogP contribution in [0.1, 0.15) is 0 Å². The summed E-state index contributed by atoms with van der Waals surface area (Å²) in [6.07, 6.45) is 0. The molecule has 0 unspecified atom stereocenters. The summed E-state index contributed by atoms with van der Waals surface area (Å²) >= 11 is 8.53. The van der Waals surface area contributed by atoms with Crippen molar-refractivity contribution in [1.82, 2.24) is 0 Å². The molecule has 36 valence electrons. The van der Waals surface area contributed by atoms with E-state index in [1.165, 1.54) is 0 Å². The van der Waals surface area contributed by atoms with Gasteiger partial charge < -0.3 is 0 Å². The van der Waals surface area contributed by atoms with Crippen LogP contribution in [0, 0.1) is 0 Å². The van der Waals surface area contributed by atoms with Gasteiger partial charge in [0.05, 0.1) is 23.7 Å². The van der Waals surface area contributed by atoms with Gasteiger partial charge in [-0.15, -0.1) is 0 Å². The van der Waals surface area contributed by atoms with Crippen molar-refractivity contribution >= 4 is 23.7 Å². The van der Waals surface area contributed by atoms with Gasteiger partial charge in [-0.25, -0.2) is 0 Å². The van der Waals surface area contributed by atoms with E-state index in [2.05, 4.69) is 27.6 Å². The summed E-state index contributed by atoms with van der Waals surface area (Å²) in [7, 11) is 0. The minimum atomic E-state index is 0. The Hall–Kier alpha value is 1.72. The second-order valence-electron chi connectivity index (χ2n) is 0.0583. The summed E-state index contributed by atoms with van der Waals surface area (Å²) in [6, 6.07) is 0. The van der Waals surface area contributed by atoms with Crippen LogP contribution in [-0.4, -0.2) is 0 Å². The number of rotatable bonds is 0. The van der Waals surface area contributed by atoms with Crippen molar-refractivity contribution in [3.05, 3.63) is 0 Å². The standard InChI is InChI=1S/Cl2O.Mo.Ni/c1-3-2;;. The van der Waals surface area contributed by atoms with Crippen LogP contribution in [-0.2, 0) is 41.4 Å². The molecule has 0 aromatic heterocycles. The Bertz CT molecular complexity index is 9.61. The largest absolute Gasteiger partial charge is 0.166 e. The number of halogens is 2. The Labute approximate surface area is 64.9 Å². The summed E-state index contributed by atoms with van der Waals surface area (Å²) in [5, 5.41) is 0. The predicted molar refractivity (Wildman–Crippen MR) is 12.8 cm³/mol. The minimum absolute atomic E-state index is 0. The summed E-state index contributed by atoms with van der Waals surface area (Å²) in [5.74, 6) is 0. The number of hydrogen-bond acceptors (Lipinski definition) is 1. The van der Waals surface area contributed by atoms with Gasteiger partial charge in [0, 0.05) is 37.6 Å². The maximum Gasteiger partial charge on any atom is 0.0832 e. The molecule has 0 aliphatic carbocycles. The Balaban J connectivity index is -0.0000000200. The molecule has 0 aliphatic heterocycles. The molecule has 0 rings (SSSR count). The molecule has 0 aliphatic rings. The number of hydrogen-bond donors (Lipinski definition) is 0. The van der Waals surface area contributed by atoms with Gasteiger partial charge in [0.1, 0.15) is 0 Å². The van der Waals surface area contributed by atoms with Gasteiger partial charge >= 0.3 is 0 Å². The quantitative estimate of drug-likeness (QED) is 0.581. The molecule has 5 heavy (non-hydrogen) atoms. The van der Waals surface area contributed by atoms with Crippen molar-refractivity contribution in [2.45, 2.75) is 0 Å². The van der Waals surface area contributed by atoms with Gasteiger partial charge in [0.25, 0.3) is 0 Å². The van der Waals surface area contributed by atoms with Gasteiger partial charge in [0.2, 0.25) is 0 Å². The minimum Gasteiger partial charge on any atom is -0.166 e. The van der Waals surface area contributed by atoms with Gasteiger partial charge in [-0.05, 0) is 0 Å². The Morgan fingerprint density at radius 3 is 1.20 bits per heavy atom. The third-order valence-electron chi connectivity index (χ3n) is 0. The van der Waals surface area contributed by atoms with E-state index in [9.17, 15) is 0 Å². The zero-order chi connectivity index (χ0) is 2.71. The van der Waals surface area contributed by atoms with Crippen molar-refractivity contribution in [1.29, 1.82) is 0 Å². The predicted octanol–water partition coefficient (Wildman–Crippen LogP) is 1.31. The third-order valence-corrected chi connectivity index (χ3v) is 0. The smallest absolute Gasteiger partial charge is 0.0832 e. The van der Waals surface area contributed by atoms with Crippen LogP contribution in [0.3, 0.4) is 0 Å². The molecule has 0 heterocycles. The van der Waals surface area contributed by atoms with Crippen LogP contribution in [0.25, 0.3) is 0 Å². The monoisotopic (exact) mass is 242 g/mol. The molecule has 0 N–H and O–H groups in total. The van der Waals surface area contributed by atoms with Crippen LogP contribution in [0.4, 0.5) is 0 Å². The summed E-state index contributed by atoms with van der Waals surface area (Å²) < 4.78 is 3.19. The van der Waals surface area contributed by atoms with E-state index in [0.29, 0.717) is 0 Å². The SMILES string of the molecule is ClOCl.[Mo].[Ni]. The summed E-state index contributed by atoms with van der Waals surface area (Å²) in [4.78, 5) is 0. The van der Waals surface area contributed by atoms with E-state index in [-0.39, 0.29) is 37.6 Å². The van der Waals surface area contributed by atoms with Crippen molar-refractivity contribution < 1.29 is 41.4 Å². The topological polar surface area (TPSA) is 9.23 Å². The Morgan fingerprint density at radius 2 is 1.20 bits per heavy atom. The van der Waals surface area contributed by atoms with E-state index in [0.717, 1.165) is 0 Å². The van der Waals surface area contributed by atoms with Crippen molar-refractivity contribution in [2.24, 2.45) is 0 Å². The summed E-state index contributed by atoms with van der Waals surface area (Å²) in [6.45, 7) is 0. The van der Waals surface area contributed by atoms with Crippen LogP contribution < -0.4 is 0 Å².